The van der Waals surface area contributed by atoms with E-state index in [4.69, 9.17) is 28.4 Å². The van der Waals surface area contributed by atoms with Gasteiger partial charge in [-0.15, -0.1) is 0 Å². The Balaban J connectivity index is 0.000000240. The molecular weight excluding hydrogens is 1230 g/mol. The number of anilines is 5. The van der Waals surface area contributed by atoms with Crippen LogP contribution in [0.3, 0.4) is 0 Å². The van der Waals surface area contributed by atoms with Gasteiger partial charge in [0.25, 0.3) is 15.9 Å². The lowest BCUT2D eigenvalue weighted by atomic mass is 10.1. The normalized spacial score (nSPS) is 11.4. The van der Waals surface area contributed by atoms with Crippen LogP contribution >= 0.6 is 11.3 Å². The van der Waals surface area contributed by atoms with Crippen molar-refractivity contribution in [1.29, 1.82) is 0 Å². The molecule has 2 aromatic carbocycles. The third-order valence-corrected chi connectivity index (χ3v) is 15.2. The van der Waals surface area contributed by atoms with Gasteiger partial charge in [-0.25, -0.2) is 52.2 Å². The summed E-state index contributed by atoms with van der Waals surface area (Å²) in [7, 11) is 3.83. The standard InChI is InChI=1S/C30H28F3N9O7S2.C24H21F3N6O5/c1-14-7-23(30(31,32)33)40-42(14)24-22(13-35-28(39-24)38-18-9-19(47-4)11-20(10-18)48-5)17-8-21(26(49-6)34-12-17)25(44)41-51(45,46)27-15(2)36-29(50-27)37-16(3)43;1-12-5-19(24(25,26)27)32-33(12)20-18(13-6-17(22(34)35)21(38-4)28-10-13)11-29-23(31-20)30-14-7-15(36-2)9-16(8-14)37-3/h7-13H,1-6H3,(H,41,44)(H,35,38,39)(H,36,37,43);5-11H,1-4H3,(H,34,35)(H,29,30,31). The monoisotopic (exact) mass is 1280 g/mol. The largest absolute Gasteiger partial charge is 0.497 e. The number of pyridine rings is 2. The Morgan fingerprint density at radius 3 is 1.35 bits per heavy atom. The van der Waals surface area contributed by atoms with E-state index in [-0.39, 0.29) is 95.1 Å². The van der Waals surface area contributed by atoms with Crippen molar-refractivity contribution in [1.82, 2.24) is 59.2 Å². The van der Waals surface area contributed by atoms with E-state index in [1.165, 1.54) is 107 Å². The fourth-order valence-electron chi connectivity index (χ4n) is 8.17. The number of carboxylic acid groups (broad SMARTS) is 1. The minimum absolute atomic E-state index is 0.00710. The van der Waals surface area contributed by atoms with Crippen LogP contribution in [-0.4, -0.2) is 128 Å². The molecule has 5 N–H and O–H groups in total. The molecule has 0 spiro atoms. The van der Waals surface area contributed by atoms with Crippen LogP contribution in [0.5, 0.6) is 34.8 Å². The number of carboxylic acids is 1. The van der Waals surface area contributed by atoms with Gasteiger partial charge >= 0.3 is 18.3 Å². The van der Waals surface area contributed by atoms with Crippen LogP contribution in [0, 0.1) is 20.8 Å². The Bertz CT molecular complexity index is 4250. The first-order chi connectivity index (χ1) is 42.1. The van der Waals surface area contributed by atoms with Gasteiger partial charge in [0.15, 0.2) is 32.4 Å². The van der Waals surface area contributed by atoms with Crippen molar-refractivity contribution in [3.8, 4) is 68.6 Å². The van der Waals surface area contributed by atoms with Crippen LogP contribution in [0.4, 0.5) is 54.7 Å². The SMILES string of the molecule is COc1cc(Nc2ncc(-c3cnc(OC)c(C(=O)NS(=O)(=O)c4sc(NC(C)=O)nc4C)c3)c(-n3nc(C(F)(F)F)cc3C)n2)cc(OC)c1.COc1cc(Nc2ncc(-c3cnc(OC)c(C(=O)O)c3)c(-n3nc(C(F)(F)F)cc3C)n2)cc(OC)c1. The van der Waals surface area contributed by atoms with Gasteiger partial charge in [0, 0.05) is 113 Å². The van der Waals surface area contributed by atoms with Gasteiger partial charge in [-0.1, -0.05) is 11.3 Å². The minimum atomic E-state index is -4.78. The number of halogens is 6. The average molecular weight is 1280 g/mol. The molecule has 27 nitrogen and oxygen atoms in total. The number of aromatic nitrogens is 11. The summed E-state index contributed by atoms with van der Waals surface area (Å²) in [5, 5.41) is 25.3. The Hall–Kier alpha value is -10.7. The number of sulfonamides is 1. The fraction of sp³-hybridized carbons (Fsp3) is 0.222. The molecular formula is C54H49F6N15O12S2. The summed E-state index contributed by atoms with van der Waals surface area (Å²) in [4.78, 5) is 66.3. The number of ether oxygens (including phenoxy) is 6. The van der Waals surface area contributed by atoms with E-state index in [0.717, 1.165) is 21.5 Å². The van der Waals surface area contributed by atoms with E-state index in [1.807, 2.05) is 4.72 Å². The highest BCUT2D eigenvalue weighted by atomic mass is 32.2. The molecule has 0 unspecified atom stereocenters. The summed E-state index contributed by atoms with van der Waals surface area (Å²) in [5.41, 5.74) is -1.25. The molecule has 9 rings (SSSR count). The maximum atomic E-state index is 13.7. The maximum absolute atomic E-state index is 13.7. The van der Waals surface area contributed by atoms with Crippen molar-refractivity contribution in [3.05, 3.63) is 125 Å². The molecule has 0 aliphatic heterocycles. The van der Waals surface area contributed by atoms with Crippen molar-refractivity contribution >= 4 is 67.5 Å². The number of benzene rings is 2. The number of carbonyl (C=O) groups excluding carboxylic acids is 2. The maximum Gasteiger partial charge on any atom is 0.435 e. The molecule has 2 amide bonds. The van der Waals surface area contributed by atoms with Gasteiger partial charge in [0.2, 0.25) is 29.6 Å². The first kappa shape index (κ1) is 64.3. The molecule has 0 radical (unpaired) electrons. The molecule has 89 heavy (non-hydrogen) atoms. The lowest BCUT2D eigenvalue weighted by Gasteiger charge is -2.15. The Kier molecular flexibility index (Phi) is 18.9. The van der Waals surface area contributed by atoms with Crippen molar-refractivity contribution in [2.24, 2.45) is 0 Å². The van der Waals surface area contributed by atoms with Crippen LogP contribution in [-0.2, 0) is 27.2 Å². The Labute approximate surface area is 504 Å². The summed E-state index contributed by atoms with van der Waals surface area (Å²) in [6.07, 6.45) is -4.34. The second-order valence-corrected chi connectivity index (χ2v) is 21.2. The van der Waals surface area contributed by atoms with Gasteiger partial charge in [0.1, 0.15) is 34.1 Å². The highest BCUT2D eigenvalue weighted by Crippen LogP contribution is 2.37. The third-order valence-electron chi connectivity index (χ3n) is 12.2. The molecule has 466 valence electrons. The first-order valence-corrected chi connectivity index (χ1v) is 27.5. The quantitative estimate of drug-likeness (QED) is 0.0471. The van der Waals surface area contributed by atoms with Gasteiger partial charge in [-0.2, -0.15) is 46.5 Å². The average Bonchev–Trinajstić information content (AvgIpc) is 1.88. The molecule has 35 heteroatoms. The van der Waals surface area contributed by atoms with Gasteiger partial charge in [-0.3, -0.25) is 9.59 Å². The molecule has 0 bridgehead atoms. The second-order valence-electron chi connectivity index (χ2n) is 18.4. The highest BCUT2D eigenvalue weighted by Gasteiger charge is 2.37. The summed E-state index contributed by atoms with van der Waals surface area (Å²) in [6.45, 7) is 5.43. The summed E-state index contributed by atoms with van der Waals surface area (Å²) in [5.74, 6) is -1.76. The summed E-state index contributed by atoms with van der Waals surface area (Å²) in [6, 6.07) is 14.0. The zero-order chi connectivity index (χ0) is 64.9. The van der Waals surface area contributed by atoms with E-state index in [1.54, 1.807) is 36.4 Å². The first-order valence-electron chi connectivity index (χ1n) is 25.2. The van der Waals surface area contributed by atoms with Crippen LogP contribution in [0.25, 0.3) is 33.9 Å². The Morgan fingerprint density at radius 2 is 0.978 bits per heavy atom. The van der Waals surface area contributed by atoms with E-state index in [9.17, 15) is 54.3 Å². The number of rotatable bonds is 19. The van der Waals surface area contributed by atoms with Crippen LogP contribution in [0.1, 0.15) is 56.1 Å². The number of hydrogen-bond acceptors (Lipinski definition) is 23. The molecule has 7 heterocycles. The lowest BCUT2D eigenvalue weighted by molar-refractivity contribution is -0.142. The number of amides is 2. The number of methoxy groups -OCH3 is 6. The van der Waals surface area contributed by atoms with Crippen LogP contribution < -0.4 is 49.1 Å². The van der Waals surface area contributed by atoms with Crippen LogP contribution in [0.2, 0.25) is 0 Å². The second kappa shape index (κ2) is 26.1. The number of nitrogens with one attached hydrogen (secondary N) is 4. The van der Waals surface area contributed by atoms with Crippen molar-refractivity contribution in [3.63, 3.8) is 0 Å². The highest BCUT2D eigenvalue weighted by molar-refractivity contribution is 7.92. The van der Waals surface area contributed by atoms with Crippen molar-refractivity contribution in [2.45, 2.75) is 44.3 Å². The van der Waals surface area contributed by atoms with Gasteiger partial charge in [0.05, 0.1) is 48.4 Å². The van der Waals surface area contributed by atoms with E-state index < -0.39 is 51.5 Å². The van der Waals surface area contributed by atoms with Crippen molar-refractivity contribution in [2.75, 3.05) is 58.6 Å². The molecule has 0 aliphatic carbocycles. The molecule has 9 aromatic rings. The topological polar surface area (TPSA) is 335 Å². The third kappa shape index (κ3) is 14.8. The predicted molar refractivity (Wildman–Crippen MR) is 306 cm³/mol. The number of carbonyl (C=O) groups is 3. The molecule has 0 atom stereocenters. The molecule has 0 fully saturated rings. The zero-order valence-electron chi connectivity index (χ0n) is 48.0. The van der Waals surface area contributed by atoms with E-state index >= 15 is 0 Å². The number of nitrogens with zero attached hydrogens (tertiary/aromatic N) is 11. The number of thiazole rings is 1. The molecule has 0 aliphatic rings. The number of alkyl halides is 6. The summed E-state index contributed by atoms with van der Waals surface area (Å²) >= 11 is 0.633. The molecule has 7 aromatic heterocycles. The predicted octanol–water partition coefficient (Wildman–Crippen LogP) is 9.18. The fourth-order valence-corrected chi connectivity index (χ4v) is 10.6. The number of aryl methyl sites for hydroxylation is 3. The molecule has 0 saturated carbocycles. The zero-order valence-corrected chi connectivity index (χ0v) is 49.7. The lowest BCUT2D eigenvalue weighted by Crippen LogP contribution is -2.31. The van der Waals surface area contributed by atoms with Gasteiger partial charge in [-0.05, 0) is 45.0 Å². The smallest absolute Gasteiger partial charge is 0.435 e. The van der Waals surface area contributed by atoms with Crippen molar-refractivity contribution < 1.29 is 82.7 Å². The summed E-state index contributed by atoms with van der Waals surface area (Å²) < 4.78 is 143. The van der Waals surface area contributed by atoms with E-state index in [2.05, 4.69) is 61.0 Å². The minimum Gasteiger partial charge on any atom is -0.497 e. The van der Waals surface area contributed by atoms with Crippen LogP contribution in [0.15, 0.2) is 89.7 Å². The van der Waals surface area contributed by atoms with Gasteiger partial charge < -0.3 is 49.5 Å². The number of aromatic carboxylic acids is 1. The molecule has 0 saturated heterocycles. The van der Waals surface area contributed by atoms with E-state index in [0.29, 0.717) is 45.7 Å². The number of hydrogen-bond donors (Lipinski definition) is 5. The Morgan fingerprint density at radius 1 is 0.562 bits per heavy atom.